The summed E-state index contributed by atoms with van der Waals surface area (Å²) in [5, 5.41) is 17.1. The number of sulfonamides is 1. The average Bonchev–Trinajstić information content (AvgIpc) is 2.91. The Balaban J connectivity index is 1.75. The Morgan fingerprint density at radius 3 is 2.56 bits per heavy atom. The van der Waals surface area contributed by atoms with Crippen molar-refractivity contribution in [3.63, 3.8) is 0 Å². The molecule has 2 aromatic rings. The second-order valence-corrected chi connectivity index (χ2v) is 9.93. The Labute approximate surface area is 170 Å². The quantitative estimate of drug-likeness (QED) is 0.621. The molecule has 1 aromatic heterocycles. The molecule has 1 saturated carbocycles. The van der Waals surface area contributed by atoms with E-state index in [0.29, 0.717) is 0 Å². The fourth-order valence-corrected chi connectivity index (χ4v) is 5.73. The molecular weight excluding hydrogens is 433 g/mol. The van der Waals surface area contributed by atoms with Crippen LogP contribution in [0.3, 0.4) is 0 Å². The number of anilines is 2. The van der Waals surface area contributed by atoms with Gasteiger partial charge in [0.25, 0.3) is 10.0 Å². The Kier molecular flexibility index (Phi) is 5.87. The Bertz CT molecular complexity index is 974. The number of rotatable bonds is 5. The van der Waals surface area contributed by atoms with Gasteiger partial charge in [0.1, 0.15) is 0 Å². The van der Waals surface area contributed by atoms with E-state index >= 15 is 0 Å². The van der Waals surface area contributed by atoms with Crippen molar-refractivity contribution >= 4 is 62.0 Å². The normalized spacial score (nSPS) is 14.8. The number of nitrogens with one attached hydrogen (secondary N) is 2. The monoisotopic (exact) mass is 449 g/mol. The number of carbonyl (C=O) groups is 1. The van der Waals surface area contributed by atoms with E-state index in [4.69, 9.17) is 23.2 Å². The van der Waals surface area contributed by atoms with Gasteiger partial charge in [-0.1, -0.05) is 35.7 Å². The van der Waals surface area contributed by atoms with E-state index in [-0.39, 0.29) is 31.7 Å². The van der Waals surface area contributed by atoms with Crippen molar-refractivity contribution < 1.29 is 18.3 Å². The zero-order valence-corrected chi connectivity index (χ0v) is 17.3. The predicted molar refractivity (Wildman–Crippen MR) is 108 cm³/mol. The van der Waals surface area contributed by atoms with Gasteiger partial charge in [0.2, 0.25) is 0 Å². The van der Waals surface area contributed by atoms with Crippen molar-refractivity contribution in [3.05, 3.63) is 33.6 Å². The van der Waals surface area contributed by atoms with Crippen molar-refractivity contribution in [2.24, 2.45) is 0 Å². The molecule has 0 radical (unpaired) electrons. The molecule has 0 aliphatic heterocycles. The standard InChI is InChI=1S/C16H17Cl2N3O4S2/c1-21(9-4-2-5-9)27(24,25)15-14(22)12(8-26-15)20-16(23)19-11-7-3-6-10(17)13(11)18/h3,6-9,22H,2,4-5H2,1H3,(H2,19,20,23). The summed E-state index contributed by atoms with van der Waals surface area (Å²) in [5.74, 6) is -0.487. The van der Waals surface area contributed by atoms with Crippen LogP contribution in [0, 0.1) is 0 Å². The minimum Gasteiger partial charge on any atom is -0.504 e. The molecule has 1 aliphatic rings. The van der Waals surface area contributed by atoms with Crippen LogP contribution >= 0.6 is 34.5 Å². The van der Waals surface area contributed by atoms with Crippen LogP contribution in [0.15, 0.2) is 27.8 Å². The fraction of sp³-hybridized carbons (Fsp3) is 0.312. The number of carbonyl (C=O) groups excluding carboxylic acids is 1. The van der Waals surface area contributed by atoms with Crippen LogP contribution in [0.1, 0.15) is 19.3 Å². The molecule has 1 aliphatic carbocycles. The summed E-state index contributed by atoms with van der Waals surface area (Å²) in [6.07, 6.45) is 2.59. The van der Waals surface area contributed by atoms with Crippen LogP contribution in [0.5, 0.6) is 5.75 Å². The summed E-state index contributed by atoms with van der Waals surface area (Å²) >= 11 is 12.8. The highest BCUT2D eigenvalue weighted by molar-refractivity contribution is 7.91. The second kappa shape index (κ2) is 7.84. The molecule has 11 heteroatoms. The molecule has 1 aromatic carbocycles. The number of thiophene rings is 1. The molecule has 1 heterocycles. The minimum absolute atomic E-state index is 0.00349. The van der Waals surface area contributed by atoms with Gasteiger partial charge in [-0.3, -0.25) is 0 Å². The van der Waals surface area contributed by atoms with Crippen molar-refractivity contribution in [2.75, 3.05) is 17.7 Å². The molecule has 0 atom stereocenters. The summed E-state index contributed by atoms with van der Waals surface area (Å²) in [5.41, 5.74) is 0.283. The molecule has 27 heavy (non-hydrogen) atoms. The number of aromatic hydroxyl groups is 1. The van der Waals surface area contributed by atoms with E-state index in [1.54, 1.807) is 18.2 Å². The van der Waals surface area contributed by atoms with Crippen molar-refractivity contribution in [2.45, 2.75) is 29.5 Å². The number of amides is 2. The molecule has 7 nitrogen and oxygen atoms in total. The summed E-state index contributed by atoms with van der Waals surface area (Å²) in [4.78, 5) is 12.2. The zero-order chi connectivity index (χ0) is 19.8. The van der Waals surface area contributed by atoms with Crippen molar-refractivity contribution in [1.29, 1.82) is 0 Å². The number of hydrogen-bond acceptors (Lipinski definition) is 5. The summed E-state index contributed by atoms with van der Waals surface area (Å²) in [6, 6.07) is 4.01. The molecule has 2 amide bonds. The minimum atomic E-state index is -3.82. The van der Waals surface area contributed by atoms with Crippen molar-refractivity contribution in [3.8, 4) is 5.75 Å². The highest BCUT2D eigenvalue weighted by atomic mass is 35.5. The molecule has 0 bridgehead atoms. The molecule has 0 unspecified atom stereocenters. The third-order valence-electron chi connectivity index (χ3n) is 4.38. The van der Waals surface area contributed by atoms with Crippen LogP contribution < -0.4 is 10.6 Å². The second-order valence-electron chi connectivity index (χ2n) is 6.07. The molecule has 0 spiro atoms. The SMILES string of the molecule is CN(C1CCC1)S(=O)(=O)c1scc(NC(=O)Nc2cccc(Cl)c2Cl)c1O. The van der Waals surface area contributed by atoms with Gasteiger partial charge in [-0.15, -0.1) is 11.3 Å². The first-order valence-corrected chi connectivity index (χ1v) is 11.1. The summed E-state index contributed by atoms with van der Waals surface area (Å²) < 4.78 is 26.4. The predicted octanol–water partition coefficient (Wildman–Crippen LogP) is 4.58. The first kappa shape index (κ1) is 20.2. The maximum Gasteiger partial charge on any atom is 0.323 e. The van der Waals surface area contributed by atoms with E-state index in [9.17, 15) is 18.3 Å². The van der Waals surface area contributed by atoms with Gasteiger partial charge in [-0.05, 0) is 25.0 Å². The highest BCUT2D eigenvalue weighted by Crippen LogP contribution is 2.41. The molecular formula is C16H17Cl2N3O4S2. The summed E-state index contributed by atoms with van der Waals surface area (Å²) in [6.45, 7) is 0. The highest BCUT2D eigenvalue weighted by Gasteiger charge is 2.35. The average molecular weight is 450 g/mol. The Morgan fingerprint density at radius 2 is 1.93 bits per heavy atom. The van der Waals surface area contributed by atoms with E-state index in [1.807, 2.05) is 0 Å². The van der Waals surface area contributed by atoms with Gasteiger partial charge in [0.05, 0.1) is 21.4 Å². The van der Waals surface area contributed by atoms with Gasteiger partial charge in [0.15, 0.2) is 9.96 Å². The molecule has 0 saturated heterocycles. The third-order valence-corrected chi connectivity index (χ3v) is 8.60. The maximum absolute atomic E-state index is 12.7. The van der Waals surface area contributed by atoms with Gasteiger partial charge >= 0.3 is 6.03 Å². The van der Waals surface area contributed by atoms with E-state index < -0.39 is 21.8 Å². The van der Waals surface area contributed by atoms with Crippen LogP contribution in [-0.4, -0.2) is 37.0 Å². The van der Waals surface area contributed by atoms with Crippen molar-refractivity contribution in [1.82, 2.24) is 4.31 Å². The lowest BCUT2D eigenvalue weighted by atomic mass is 9.94. The number of hydrogen-bond donors (Lipinski definition) is 3. The lowest BCUT2D eigenvalue weighted by Gasteiger charge is -2.33. The Hall–Kier alpha value is -1.52. The lowest BCUT2D eigenvalue weighted by Crippen LogP contribution is -2.40. The zero-order valence-electron chi connectivity index (χ0n) is 14.2. The number of halogens is 2. The van der Waals surface area contributed by atoms with Gasteiger partial charge in [-0.25, -0.2) is 13.2 Å². The van der Waals surface area contributed by atoms with Crippen LogP contribution in [-0.2, 0) is 10.0 Å². The van der Waals surface area contributed by atoms with E-state index in [1.165, 1.54) is 16.7 Å². The lowest BCUT2D eigenvalue weighted by molar-refractivity contribution is 0.249. The smallest absolute Gasteiger partial charge is 0.323 e. The van der Waals surface area contributed by atoms with E-state index in [0.717, 1.165) is 30.6 Å². The van der Waals surface area contributed by atoms with Crippen LogP contribution in [0.2, 0.25) is 10.0 Å². The third kappa shape index (κ3) is 4.02. The first-order valence-electron chi connectivity index (χ1n) is 8.02. The van der Waals surface area contributed by atoms with E-state index in [2.05, 4.69) is 10.6 Å². The topological polar surface area (TPSA) is 98.7 Å². The number of nitrogens with zero attached hydrogens (tertiary/aromatic N) is 1. The molecule has 3 N–H and O–H groups in total. The number of urea groups is 1. The largest absolute Gasteiger partial charge is 0.504 e. The maximum atomic E-state index is 12.7. The fourth-order valence-electron chi connectivity index (χ4n) is 2.56. The van der Waals surface area contributed by atoms with Crippen LogP contribution in [0.25, 0.3) is 0 Å². The Morgan fingerprint density at radius 1 is 1.26 bits per heavy atom. The number of benzene rings is 1. The van der Waals surface area contributed by atoms with Gasteiger partial charge < -0.3 is 15.7 Å². The molecule has 146 valence electrons. The van der Waals surface area contributed by atoms with Gasteiger partial charge in [-0.2, -0.15) is 4.31 Å². The van der Waals surface area contributed by atoms with Crippen LogP contribution in [0.4, 0.5) is 16.2 Å². The molecule has 3 rings (SSSR count). The summed E-state index contributed by atoms with van der Waals surface area (Å²) in [7, 11) is -2.33. The first-order chi connectivity index (χ1) is 12.7. The van der Waals surface area contributed by atoms with Gasteiger partial charge in [0, 0.05) is 18.5 Å². The molecule has 1 fully saturated rings.